The number of hydrogen-bond acceptors (Lipinski definition) is 4. The third-order valence-corrected chi connectivity index (χ3v) is 4.35. The number of nitrogens with zero attached hydrogens (tertiary/aromatic N) is 1. The lowest BCUT2D eigenvalue weighted by molar-refractivity contribution is -0.115. The van der Waals surface area contributed by atoms with Crippen LogP contribution in [0.3, 0.4) is 0 Å². The van der Waals surface area contributed by atoms with Crippen LogP contribution in [0.5, 0.6) is 0 Å². The van der Waals surface area contributed by atoms with Crippen LogP contribution in [-0.2, 0) is 9.53 Å². The number of benzene rings is 1. The summed E-state index contributed by atoms with van der Waals surface area (Å²) in [6.45, 7) is 7.19. The summed E-state index contributed by atoms with van der Waals surface area (Å²) < 4.78 is 5.80. The number of anilines is 2. The molecule has 2 N–H and O–H groups in total. The molecule has 1 amide bonds. The molecule has 1 aliphatic carbocycles. The Balaban J connectivity index is 1.61. The molecule has 2 aliphatic rings. The van der Waals surface area contributed by atoms with E-state index in [4.69, 9.17) is 4.74 Å². The van der Waals surface area contributed by atoms with E-state index >= 15 is 0 Å². The molecule has 2 fully saturated rings. The Morgan fingerprint density at radius 1 is 1.22 bits per heavy atom. The molecule has 5 nitrogen and oxygen atoms in total. The van der Waals surface area contributed by atoms with Crippen LogP contribution < -0.4 is 15.5 Å². The number of morpholine rings is 1. The predicted molar refractivity (Wildman–Crippen MR) is 92.9 cm³/mol. The van der Waals surface area contributed by atoms with Gasteiger partial charge in [-0.15, -0.1) is 0 Å². The first-order valence-electron chi connectivity index (χ1n) is 8.62. The molecule has 23 heavy (non-hydrogen) atoms. The van der Waals surface area contributed by atoms with Crippen molar-refractivity contribution in [2.24, 2.45) is 5.92 Å². The standard InChI is InChI=1S/C18H27N3O2/c1-13-11-21(12-14(2)23-13)17-6-4-3-5-16(17)20-18(22)10-19-9-15-7-8-15/h3-6,13-15,19H,7-12H2,1-2H3,(H,20,22). The molecule has 1 aromatic rings. The molecule has 1 saturated heterocycles. The van der Waals surface area contributed by atoms with Crippen LogP contribution in [0.15, 0.2) is 24.3 Å². The minimum absolute atomic E-state index is 0.0208. The summed E-state index contributed by atoms with van der Waals surface area (Å²) >= 11 is 0. The van der Waals surface area contributed by atoms with Crippen LogP contribution in [0.4, 0.5) is 11.4 Å². The van der Waals surface area contributed by atoms with E-state index in [1.165, 1.54) is 12.8 Å². The van der Waals surface area contributed by atoms with Gasteiger partial charge in [-0.3, -0.25) is 4.79 Å². The molecule has 0 spiro atoms. The summed E-state index contributed by atoms with van der Waals surface area (Å²) in [6, 6.07) is 8.02. The van der Waals surface area contributed by atoms with Crippen molar-refractivity contribution in [1.82, 2.24) is 5.32 Å². The highest BCUT2D eigenvalue weighted by atomic mass is 16.5. The summed E-state index contributed by atoms with van der Waals surface area (Å²) in [4.78, 5) is 14.5. The van der Waals surface area contributed by atoms with Gasteiger partial charge in [-0.2, -0.15) is 0 Å². The summed E-state index contributed by atoms with van der Waals surface area (Å²) in [6.07, 6.45) is 2.99. The van der Waals surface area contributed by atoms with Gasteiger partial charge in [0.1, 0.15) is 0 Å². The smallest absolute Gasteiger partial charge is 0.238 e. The van der Waals surface area contributed by atoms with E-state index in [0.717, 1.165) is 36.9 Å². The van der Waals surface area contributed by atoms with Gasteiger partial charge in [0.2, 0.25) is 5.91 Å². The number of carbonyl (C=O) groups is 1. The molecule has 126 valence electrons. The van der Waals surface area contributed by atoms with Crippen molar-refractivity contribution >= 4 is 17.3 Å². The summed E-state index contributed by atoms with van der Waals surface area (Å²) in [5.74, 6) is 0.805. The second-order valence-electron chi connectivity index (χ2n) is 6.80. The van der Waals surface area contributed by atoms with Crippen molar-refractivity contribution < 1.29 is 9.53 Å². The van der Waals surface area contributed by atoms with E-state index in [-0.39, 0.29) is 18.1 Å². The van der Waals surface area contributed by atoms with Gasteiger partial charge in [0.05, 0.1) is 30.1 Å². The molecule has 2 atom stereocenters. The first kappa shape index (κ1) is 16.3. The van der Waals surface area contributed by atoms with Crippen molar-refractivity contribution in [2.75, 3.05) is 36.4 Å². The third kappa shape index (κ3) is 4.69. The van der Waals surface area contributed by atoms with Crippen LogP contribution in [0, 0.1) is 5.92 Å². The van der Waals surface area contributed by atoms with Gasteiger partial charge in [-0.25, -0.2) is 0 Å². The van der Waals surface area contributed by atoms with Crippen LogP contribution in [-0.4, -0.2) is 44.3 Å². The summed E-state index contributed by atoms with van der Waals surface area (Å²) in [7, 11) is 0. The second kappa shape index (κ2) is 7.32. The first-order chi connectivity index (χ1) is 11.1. The maximum atomic E-state index is 12.2. The van der Waals surface area contributed by atoms with E-state index in [9.17, 15) is 4.79 Å². The van der Waals surface area contributed by atoms with Gasteiger partial charge in [-0.1, -0.05) is 12.1 Å². The average molecular weight is 317 g/mol. The van der Waals surface area contributed by atoms with Crippen molar-refractivity contribution in [1.29, 1.82) is 0 Å². The second-order valence-corrected chi connectivity index (χ2v) is 6.80. The molecule has 2 unspecified atom stereocenters. The maximum Gasteiger partial charge on any atom is 0.238 e. The van der Waals surface area contributed by atoms with E-state index in [1.807, 2.05) is 18.2 Å². The Hall–Kier alpha value is -1.59. The van der Waals surface area contributed by atoms with Crippen molar-refractivity contribution in [3.63, 3.8) is 0 Å². The molecular weight excluding hydrogens is 290 g/mol. The van der Waals surface area contributed by atoms with Crippen molar-refractivity contribution in [2.45, 2.75) is 38.9 Å². The van der Waals surface area contributed by atoms with Crippen LogP contribution in [0.25, 0.3) is 0 Å². The highest BCUT2D eigenvalue weighted by molar-refractivity contribution is 5.95. The summed E-state index contributed by atoms with van der Waals surface area (Å²) in [5, 5.41) is 6.28. The number of ether oxygens (including phenoxy) is 1. The number of amides is 1. The monoisotopic (exact) mass is 317 g/mol. The van der Waals surface area contributed by atoms with Gasteiger partial charge >= 0.3 is 0 Å². The molecule has 3 rings (SSSR count). The Morgan fingerprint density at radius 2 is 1.91 bits per heavy atom. The minimum Gasteiger partial charge on any atom is -0.372 e. The molecule has 0 aromatic heterocycles. The molecule has 1 aliphatic heterocycles. The molecule has 1 aromatic carbocycles. The molecule has 5 heteroatoms. The predicted octanol–water partition coefficient (Wildman–Crippen LogP) is 2.24. The lowest BCUT2D eigenvalue weighted by Gasteiger charge is -2.37. The van der Waals surface area contributed by atoms with Gasteiger partial charge in [0.25, 0.3) is 0 Å². The minimum atomic E-state index is 0.0208. The molecule has 1 saturated carbocycles. The largest absolute Gasteiger partial charge is 0.372 e. The van der Waals surface area contributed by atoms with Gasteiger partial charge in [0, 0.05) is 13.1 Å². The maximum absolute atomic E-state index is 12.2. The fourth-order valence-electron chi connectivity index (χ4n) is 3.14. The first-order valence-corrected chi connectivity index (χ1v) is 8.62. The quantitative estimate of drug-likeness (QED) is 0.845. The SMILES string of the molecule is CC1CN(c2ccccc2NC(=O)CNCC2CC2)CC(C)O1. The fraction of sp³-hybridized carbons (Fsp3) is 0.611. The summed E-state index contributed by atoms with van der Waals surface area (Å²) in [5.41, 5.74) is 1.96. The van der Waals surface area contributed by atoms with E-state index < -0.39 is 0 Å². The van der Waals surface area contributed by atoms with Crippen LogP contribution >= 0.6 is 0 Å². The van der Waals surface area contributed by atoms with Gasteiger partial charge in [-0.05, 0) is 51.3 Å². The highest BCUT2D eigenvalue weighted by Crippen LogP contribution is 2.29. The average Bonchev–Trinajstić information content (AvgIpc) is 3.31. The Morgan fingerprint density at radius 3 is 2.61 bits per heavy atom. The number of hydrogen-bond donors (Lipinski definition) is 2. The normalized spacial score (nSPS) is 24.5. The zero-order valence-corrected chi connectivity index (χ0v) is 14.0. The fourth-order valence-corrected chi connectivity index (χ4v) is 3.14. The molecule has 0 radical (unpaired) electrons. The topological polar surface area (TPSA) is 53.6 Å². The van der Waals surface area contributed by atoms with Crippen LogP contribution in [0.1, 0.15) is 26.7 Å². The van der Waals surface area contributed by atoms with Gasteiger partial charge in [0.15, 0.2) is 0 Å². The van der Waals surface area contributed by atoms with Crippen molar-refractivity contribution in [3.8, 4) is 0 Å². The number of para-hydroxylation sites is 2. The Kier molecular flexibility index (Phi) is 5.18. The lowest BCUT2D eigenvalue weighted by atomic mass is 10.1. The zero-order chi connectivity index (χ0) is 16.2. The molecule has 0 bridgehead atoms. The lowest BCUT2D eigenvalue weighted by Crippen LogP contribution is -2.45. The van der Waals surface area contributed by atoms with Crippen LogP contribution in [0.2, 0.25) is 0 Å². The van der Waals surface area contributed by atoms with E-state index in [2.05, 4.69) is 35.4 Å². The van der Waals surface area contributed by atoms with E-state index in [0.29, 0.717) is 6.54 Å². The molecular formula is C18H27N3O2. The van der Waals surface area contributed by atoms with Gasteiger partial charge < -0.3 is 20.3 Å². The van der Waals surface area contributed by atoms with E-state index in [1.54, 1.807) is 0 Å². The highest BCUT2D eigenvalue weighted by Gasteiger charge is 2.24. The zero-order valence-electron chi connectivity index (χ0n) is 14.0. The van der Waals surface area contributed by atoms with Crippen molar-refractivity contribution in [3.05, 3.63) is 24.3 Å². The Labute approximate surface area is 138 Å². The Bertz CT molecular complexity index is 535. The number of nitrogens with one attached hydrogen (secondary N) is 2. The number of rotatable bonds is 6. The third-order valence-electron chi connectivity index (χ3n) is 4.35. The number of carbonyl (C=O) groups excluding carboxylic acids is 1. The molecule has 1 heterocycles.